The van der Waals surface area contributed by atoms with E-state index in [4.69, 9.17) is 9.47 Å². The Labute approximate surface area is 176 Å². The summed E-state index contributed by atoms with van der Waals surface area (Å²) in [5, 5.41) is 16.5. The summed E-state index contributed by atoms with van der Waals surface area (Å²) in [6.45, 7) is 1.81. The minimum absolute atomic E-state index is 0.132. The molecule has 10 heteroatoms. The van der Waals surface area contributed by atoms with Crippen molar-refractivity contribution in [2.75, 3.05) is 51.2 Å². The van der Waals surface area contributed by atoms with Crippen LogP contribution in [0.25, 0.3) is 5.41 Å². The topological polar surface area (TPSA) is 123 Å². The molecule has 1 aliphatic heterocycles. The highest BCUT2D eigenvalue weighted by Gasteiger charge is 2.34. The van der Waals surface area contributed by atoms with Gasteiger partial charge in [-0.05, 0) is 23.8 Å². The van der Waals surface area contributed by atoms with Crippen LogP contribution in [0.5, 0.6) is 0 Å². The van der Waals surface area contributed by atoms with Crippen LogP contribution in [0.4, 0.5) is 11.6 Å². The Morgan fingerprint density at radius 1 is 1.34 bits per heavy atom. The maximum atomic E-state index is 12.8. The van der Waals surface area contributed by atoms with Crippen molar-refractivity contribution in [2.45, 2.75) is 5.92 Å². The lowest BCUT2D eigenvalue weighted by Crippen LogP contribution is -2.25. The molecule has 3 rings (SSSR count). The fraction of sp³-hybridized carbons (Fsp3) is 0.368. The highest BCUT2D eigenvalue weighted by atomic mass is 79.9. The minimum Gasteiger partial charge on any atom is -0.464 e. The first-order valence-electron chi connectivity index (χ1n) is 9.03. The third kappa shape index (κ3) is 4.89. The van der Waals surface area contributed by atoms with Crippen molar-refractivity contribution in [1.82, 2.24) is 9.97 Å². The van der Waals surface area contributed by atoms with Crippen LogP contribution in [-0.4, -0.2) is 62.6 Å². The predicted molar refractivity (Wildman–Crippen MR) is 114 cm³/mol. The number of aliphatic imine (C=N–C) groups is 1. The Morgan fingerprint density at radius 3 is 2.90 bits per heavy atom. The second-order valence-electron chi connectivity index (χ2n) is 6.33. The lowest BCUT2D eigenvalue weighted by Gasteiger charge is -2.18. The number of aromatic nitrogens is 2. The van der Waals surface area contributed by atoms with Gasteiger partial charge in [0, 0.05) is 42.7 Å². The van der Waals surface area contributed by atoms with Crippen molar-refractivity contribution in [3.05, 3.63) is 50.4 Å². The van der Waals surface area contributed by atoms with Gasteiger partial charge in [-0.25, -0.2) is 4.98 Å². The van der Waals surface area contributed by atoms with E-state index in [-0.39, 0.29) is 11.4 Å². The number of hydrogen-bond donors (Lipinski definition) is 3. The average Bonchev–Trinajstić information content (AvgIpc) is 3.01. The Hall–Kier alpha value is -2.56. The van der Waals surface area contributed by atoms with Crippen LogP contribution in [0.15, 0.2) is 27.7 Å². The molecule has 29 heavy (non-hydrogen) atoms. The molecule has 1 aliphatic rings. The maximum Gasteiger partial charge on any atom is 0.238 e. The van der Waals surface area contributed by atoms with E-state index in [1.807, 2.05) is 18.2 Å². The number of halogens is 1. The number of rotatable bonds is 9. The molecule has 0 spiro atoms. The van der Waals surface area contributed by atoms with Gasteiger partial charge in [0.1, 0.15) is 11.9 Å². The average molecular weight is 462 g/mol. The van der Waals surface area contributed by atoms with Crippen LogP contribution in [0, 0.1) is 0 Å². The summed E-state index contributed by atoms with van der Waals surface area (Å²) in [7, 11) is 3.19. The number of nitrogens with zero attached hydrogens (tertiary/aromatic N) is 3. The zero-order valence-corrected chi connectivity index (χ0v) is 17.7. The third-order valence-corrected chi connectivity index (χ3v) is 4.86. The molecule has 1 aromatic carbocycles. The third-order valence-electron chi connectivity index (χ3n) is 4.36. The first-order chi connectivity index (χ1) is 14.0. The Kier molecular flexibility index (Phi) is 7.13. The van der Waals surface area contributed by atoms with Crippen molar-refractivity contribution in [1.29, 1.82) is 0 Å². The van der Waals surface area contributed by atoms with Crippen molar-refractivity contribution in [2.24, 2.45) is 4.99 Å². The van der Waals surface area contributed by atoms with Gasteiger partial charge < -0.3 is 30.5 Å². The molecule has 0 bridgehead atoms. The molecule has 9 nitrogen and oxygen atoms in total. The van der Waals surface area contributed by atoms with Crippen molar-refractivity contribution >= 4 is 39.7 Å². The summed E-state index contributed by atoms with van der Waals surface area (Å²) in [6.07, 6.45) is 1.51. The Balaban J connectivity index is 2.07. The fourth-order valence-electron chi connectivity index (χ4n) is 3.02. The molecule has 2 heterocycles. The number of anilines is 2. The molecule has 1 aromatic heterocycles. The van der Waals surface area contributed by atoms with Gasteiger partial charge in [0.2, 0.25) is 5.91 Å². The zero-order chi connectivity index (χ0) is 20.8. The first-order valence-corrected chi connectivity index (χ1v) is 9.82. The van der Waals surface area contributed by atoms with Gasteiger partial charge in [-0.15, -0.1) is 0 Å². The molecule has 0 fully saturated rings. The number of carbonyl (C=O) groups is 1. The maximum absolute atomic E-state index is 12.8. The number of methoxy groups -OCH3 is 2. The van der Waals surface area contributed by atoms with Crippen LogP contribution < -0.4 is 16.1 Å². The summed E-state index contributed by atoms with van der Waals surface area (Å²) >= 11 is 3.45. The predicted octanol–water partition coefficient (Wildman–Crippen LogP) is 1.85. The number of benzene rings is 1. The van der Waals surface area contributed by atoms with Crippen LogP contribution in [-0.2, 0) is 14.3 Å². The Morgan fingerprint density at radius 2 is 2.14 bits per heavy atom. The van der Waals surface area contributed by atoms with E-state index < -0.39 is 5.92 Å². The van der Waals surface area contributed by atoms with Crippen LogP contribution >= 0.6 is 15.9 Å². The van der Waals surface area contributed by atoms with Gasteiger partial charge in [0.15, 0.2) is 0 Å². The van der Waals surface area contributed by atoms with E-state index in [2.05, 4.69) is 41.5 Å². The number of H-pyrrole nitrogens is 1. The van der Waals surface area contributed by atoms with Gasteiger partial charge in [-0.3, -0.25) is 9.79 Å². The summed E-state index contributed by atoms with van der Waals surface area (Å²) in [4.78, 5) is 24.5. The number of ether oxygens (including phenoxy) is 2. The van der Waals surface area contributed by atoms with E-state index in [9.17, 15) is 10.2 Å². The lowest BCUT2D eigenvalue weighted by atomic mass is 9.94. The van der Waals surface area contributed by atoms with Crippen molar-refractivity contribution < 1.29 is 14.3 Å². The number of aromatic amines is 1. The number of fused-ring (bicyclic) bond motifs is 1. The normalized spacial score (nSPS) is 15.6. The molecule has 0 saturated heterocycles. The molecule has 1 amide bonds. The minimum atomic E-state index is -0.685. The smallest absolute Gasteiger partial charge is 0.238 e. The highest BCUT2D eigenvalue weighted by Crippen LogP contribution is 2.38. The van der Waals surface area contributed by atoms with Crippen molar-refractivity contribution in [3.8, 4) is 0 Å². The molecule has 2 aromatic rings. The second kappa shape index (κ2) is 9.77. The summed E-state index contributed by atoms with van der Waals surface area (Å²) in [5.41, 5.74) is 2.11. The van der Waals surface area contributed by atoms with Gasteiger partial charge >= 0.3 is 0 Å². The Bertz CT molecular complexity index is 975. The highest BCUT2D eigenvalue weighted by molar-refractivity contribution is 9.10. The van der Waals surface area contributed by atoms with E-state index >= 15 is 0 Å². The van der Waals surface area contributed by atoms with Gasteiger partial charge in [0.05, 0.1) is 25.5 Å². The molecule has 1 atom stereocenters. The number of hydrogen-bond acceptors (Lipinski definition) is 6. The first kappa shape index (κ1) is 21.2. The summed E-state index contributed by atoms with van der Waals surface area (Å²) in [5.74, 6) is -0.569. The molecule has 1 unspecified atom stereocenters. The van der Waals surface area contributed by atoms with Crippen LogP contribution in [0.2, 0.25) is 0 Å². The molecule has 0 aliphatic carbocycles. The summed E-state index contributed by atoms with van der Waals surface area (Å²) < 4.78 is 10.9. The molecule has 3 N–H and O–H groups in total. The zero-order valence-electron chi connectivity index (χ0n) is 16.2. The number of carbonyl (C=O) groups excluding carboxylic acids is 1. The molecule has 154 valence electrons. The van der Waals surface area contributed by atoms with E-state index in [1.165, 1.54) is 6.21 Å². The van der Waals surface area contributed by atoms with E-state index in [0.29, 0.717) is 49.2 Å². The molecule has 0 radical (unpaired) electrons. The molecular formula is C19H22BrN6O3-. The summed E-state index contributed by atoms with van der Waals surface area (Å²) in [6, 6.07) is 5.56. The van der Waals surface area contributed by atoms with Gasteiger partial charge in [0.25, 0.3) is 0 Å². The monoisotopic (exact) mass is 461 g/mol. The molecular weight excluding hydrogens is 440 g/mol. The lowest BCUT2D eigenvalue weighted by molar-refractivity contribution is -0.116. The van der Waals surface area contributed by atoms with Gasteiger partial charge in [-0.1, -0.05) is 21.4 Å². The van der Waals surface area contributed by atoms with E-state index in [1.54, 1.807) is 14.2 Å². The number of nitrogens with one attached hydrogen (secondary N) is 3. The van der Waals surface area contributed by atoms with Gasteiger partial charge in [-0.2, -0.15) is 0 Å². The number of amides is 1. The van der Waals surface area contributed by atoms with Crippen molar-refractivity contribution in [3.63, 3.8) is 0 Å². The SMILES string of the molecule is COCCN=Cc1c(C2C(=O)Nc3ccc(Br)cc32)nc(NCCOC)[nH]c1=[N-]. The fourth-order valence-corrected chi connectivity index (χ4v) is 3.39. The quantitative estimate of drug-likeness (QED) is 0.388. The van der Waals surface area contributed by atoms with Crippen LogP contribution in [0.1, 0.15) is 22.7 Å². The van der Waals surface area contributed by atoms with E-state index in [0.717, 1.165) is 10.0 Å². The van der Waals surface area contributed by atoms with Crippen LogP contribution in [0.3, 0.4) is 0 Å². The second-order valence-corrected chi connectivity index (χ2v) is 7.25. The largest absolute Gasteiger partial charge is 0.464 e. The molecule has 0 saturated carbocycles. The standard InChI is InChI=1S/C19H22BrN6O3/c1-28-7-5-22-10-13-16(25-19(26-17(13)21)23-6-8-29-2)15-12-9-11(20)3-4-14(12)24-18(15)27/h3-4,9-10,15H,5-8H2,1-2H3,(H3-,21,22,23,24,25,26,27)/q-1.